The number of aromatic amines is 1. The van der Waals surface area contributed by atoms with Gasteiger partial charge in [-0.1, -0.05) is 0 Å². The summed E-state index contributed by atoms with van der Waals surface area (Å²) in [5, 5.41) is 0. The molecule has 0 aliphatic carbocycles. The van der Waals surface area contributed by atoms with Gasteiger partial charge in [0.1, 0.15) is 10.3 Å². The maximum absolute atomic E-state index is 12.2. The van der Waals surface area contributed by atoms with E-state index < -0.39 is 21.9 Å². The predicted octanol–water partition coefficient (Wildman–Crippen LogP) is 1.86. The van der Waals surface area contributed by atoms with E-state index in [2.05, 4.69) is 25.9 Å². The molecule has 0 aromatic carbocycles. The minimum Gasteiger partial charge on any atom is -0.310 e. The van der Waals surface area contributed by atoms with Gasteiger partial charge in [-0.25, -0.2) is 4.98 Å². The van der Waals surface area contributed by atoms with Crippen molar-refractivity contribution < 1.29 is 13.2 Å². The second kappa shape index (κ2) is 3.13. The van der Waals surface area contributed by atoms with Gasteiger partial charge in [0, 0.05) is 0 Å². The molecule has 0 saturated heterocycles. The maximum atomic E-state index is 12.2. The zero-order valence-electron chi connectivity index (χ0n) is 6.37. The topological polar surface area (TPSA) is 45.8 Å². The van der Waals surface area contributed by atoms with Crippen molar-refractivity contribution in [2.75, 3.05) is 0 Å². The van der Waals surface area contributed by atoms with E-state index >= 15 is 0 Å². The van der Waals surface area contributed by atoms with Crippen LogP contribution in [0, 0.1) is 6.92 Å². The van der Waals surface area contributed by atoms with Gasteiger partial charge < -0.3 is 4.98 Å². The Morgan fingerprint density at radius 3 is 2.46 bits per heavy atom. The molecule has 1 rings (SSSR count). The van der Waals surface area contributed by atoms with E-state index in [0.717, 1.165) is 0 Å². The van der Waals surface area contributed by atoms with Gasteiger partial charge in [-0.15, -0.1) is 0 Å². The molecule has 0 spiro atoms. The molecule has 0 aliphatic rings. The van der Waals surface area contributed by atoms with Gasteiger partial charge in [-0.05, 0) is 22.9 Å². The summed E-state index contributed by atoms with van der Waals surface area (Å²) >= 11 is 2.52. The van der Waals surface area contributed by atoms with Crippen molar-refractivity contribution in [1.29, 1.82) is 0 Å². The molecule has 0 fully saturated rings. The maximum Gasteiger partial charge on any atom is 0.434 e. The van der Waals surface area contributed by atoms with Gasteiger partial charge in [0.25, 0.3) is 5.56 Å². The van der Waals surface area contributed by atoms with Crippen LogP contribution < -0.4 is 5.56 Å². The molecule has 13 heavy (non-hydrogen) atoms. The summed E-state index contributed by atoms with van der Waals surface area (Å²) in [5.41, 5.74) is -2.03. The van der Waals surface area contributed by atoms with E-state index in [1.54, 1.807) is 0 Å². The highest BCUT2D eigenvalue weighted by Gasteiger charge is 2.36. The third-order valence-electron chi connectivity index (χ3n) is 1.25. The average Bonchev–Trinajstić information content (AvgIpc) is 1.94. The van der Waals surface area contributed by atoms with Crippen LogP contribution >= 0.6 is 15.9 Å². The quantitative estimate of drug-likeness (QED) is 0.770. The van der Waals surface area contributed by atoms with Gasteiger partial charge in [0.15, 0.2) is 5.69 Å². The normalized spacial score (nSPS) is 11.8. The summed E-state index contributed by atoms with van der Waals surface area (Å²) in [4.78, 5) is 16.2. The number of nitrogens with one attached hydrogen (secondary N) is 1. The van der Waals surface area contributed by atoms with Crippen molar-refractivity contribution in [3.63, 3.8) is 0 Å². The zero-order valence-corrected chi connectivity index (χ0v) is 7.95. The lowest BCUT2D eigenvalue weighted by Gasteiger charge is -2.07. The fourth-order valence-corrected chi connectivity index (χ4v) is 1.17. The molecule has 0 saturated carbocycles. The second-order valence-electron chi connectivity index (χ2n) is 2.31. The minimum atomic E-state index is -4.61. The third kappa shape index (κ3) is 2.09. The van der Waals surface area contributed by atoms with Crippen molar-refractivity contribution in [2.24, 2.45) is 0 Å². The molecular weight excluding hydrogens is 253 g/mol. The van der Waals surface area contributed by atoms with Crippen LogP contribution in [-0.4, -0.2) is 9.97 Å². The van der Waals surface area contributed by atoms with Crippen molar-refractivity contribution in [2.45, 2.75) is 13.1 Å². The van der Waals surface area contributed by atoms with Crippen molar-refractivity contribution in [3.05, 3.63) is 26.3 Å². The van der Waals surface area contributed by atoms with Crippen LogP contribution in [0.4, 0.5) is 13.2 Å². The van der Waals surface area contributed by atoms with Crippen LogP contribution in [0.5, 0.6) is 0 Å². The molecule has 7 heteroatoms. The molecular formula is C6H4BrF3N2O. The fourth-order valence-electron chi connectivity index (χ4n) is 0.759. The van der Waals surface area contributed by atoms with E-state index in [1.807, 2.05) is 0 Å². The Hall–Kier alpha value is -0.850. The molecule has 1 N–H and O–H groups in total. The molecule has 1 aromatic heterocycles. The summed E-state index contributed by atoms with van der Waals surface area (Å²) in [6.07, 6.45) is -4.61. The lowest BCUT2D eigenvalue weighted by molar-refractivity contribution is -0.142. The number of aromatic nitrogens is 2. The van der Waals surface area contributed by atoms with Crippen LogP contribution in [0.25, 0.3) is 0 Å². The van der Waals surface area contributed by atoms with Gasteiger partial charge in [0.05, 0.1) is 0 Å². The SMILES string of the molecule is Cc1nc(C(F)(F)F)c(Br)c(=O)[nH]1. The lowest BCUT2D eigenvalue weighted by Crippen LogP contribution is -2.19. The first-order chi connectivity index (χ1) is 5.82. The summed E-state index contributed by atoms with van der Waals surface area (Å²) < 4.78 is 35.9. The largest absolute Gasteiger partial charge is 0.434 e. The Morgan fingerprint density at radius 1 is 1.46 bits per heavy atom. The summed E-state index contributed by atoms with van der Waals surface area (Å²) in [5.74, 6) is -0.0690. The first kappa shape index (κ1) is 10.2. The van der Waals surface area contributed by atoms with E-state index in [9.17, 15) is 18.0 Å². The summed E-state index contributed by atoms with van der Waals surface area (Å²) in [6, 6.07) is 0. The van der Waals surface area contributed by atoms with Crippen LogP contribution in [0.3, 0.4) is 0 Å². The Kier molecular flexibility index (Phi) is 2.47. The highest BCUT2D eigenvalue weighted by Crippen LogP contribution is 2.30. The number of alkyl halides is 3. The smallest absolute Gasteiger partial charge is 0.310 e. The van der Waals surface area contributed by atoms with Crippen LogP contribution in [0.2, 0.25) is 0 Å². The lowest BCUT2D eigenvalue weighted by atomic mass is 10.4. The average molecular weight is 257 g/mol. The predicted molar refractivity (Wildman–Crippen MR) is 42.3 cm³/mol. The van der Waals surface area contributed by atoms with Crippen LogP contribution in [-0.2, 0) is 6.18 Å². The van der Waals surface area contributed by atoms with E-state index in [4.69, 9.17) is 0 Å². The molecule has 0 unspecified atom stereocenters. The highest BCUT2D eigenvalue weighted by atomic mass is 79.9. The van der Waals surface area contributed by atoms with Gasteiger partial charge in [-0.3, -0.25) is 4.79 Å². The van der Waals surface area contributed by atoms with Crippen molar-refractivity contribution in [1.82, 2.24) is 9.97 Å². The highest BCUT2D eigenvalue weighted by molar-refractivity contribution is 9.10. The Morgan fingerprint density at radius 2 is 2.00 bits per heavy atom. The molecule has 0 bridgehead atoms. The van der Waals surface area contributed by atoms with E-state index in [-0.39, 0.29) is 5.82 Å². The Labute approximate surface area is 79.1 Å². The summed E-state index contributed by atoms with van der Waals surface area (Å²) in [7, 11) is 0. The first-order valence-electron chi connectivity index (χ1n) is 3.16. The fraction of sp³-hybridized carbons (Fsp3) is 0.333. The first-order valence-corrected chi connectivity index (χ1v) is 3.95. The van der Waals surface area contributed by atoms with Gasteiger partial charge in [-0.2, -0.15) is 13.2 Å². The molecule has 0 atom stereocenters. The third-order valence-corrected chi connectivity index (χ3v) is 1.99. The molecule has 72 valence electrons. The standard InChI is InChI=1S/C6H4BrF3N2O/c1-2-11-4(6(8,9)10)3(7)5(13)12-2/h1H3,(H,11,12,13). The van der Waals surface area contributed by atoms with Crippen molar-refractivity contribution in [3.8, 4) is 0 Å². The minimum absolute atomic E-state index is 0.0690. The number of hydrogen-bond acceptors (Lipinski definition) is 2. The second-order valence-corrected chi connectivity index (χ2v) is 3.10. The molecule has 0 aliphatic heterocycles. The van der Waals surface area contributed by atoms with Crippen LogP contribution in [0.15, 0.2) is 9.27 Å². The zero-order chi connectivity index (χ0) is 10.2. The summed E-state index contributed by atoms with van der Waals surface area (Å²) in [6.45, 7) is 1.28. The van der Waals surface area contributed by atoms with E-state index in [1.165, 1.54) is 6.92 Å². The number of aryl methyl sites for hydroxylation is 1. The van der Waals surface area contributed by atoms with Gasteiger partial charge in [0.2, 0.25) is 0 Å². The van der Waals surface area contributed by atoms with Crippen LogP contribution in [0.1, 0.15) is 11.5 Å². The molecule has 0 radical (unpaired) electrons. The number of hydrogen-bond donors (Lipinski definition) is 1. The van der Waals surface area contributed by atoms with Gasteiger partial charge >= 0.3 is 6.18 Å². The number of nitrogens with zero attached hydrogens (tertiary/aromatic N) is 1. The molecule has 3 nitrogen and oxygen atoms in total. The number of rotatable bonds is 0. The number of halogens is 4. The Bertz CT molecular complexity index is 384. The van der Waals surface area contributed by atoms with Crippen molar-refractivity contribution >= 4 is 15.9 Å². The number of H-pyrrole nitrogens is 1. The monoisotopic (exact) mass is 256 g/mol. The molecule has 0 amide bonds. The Balaban J connectivity index is 3.46. The molecule has 1 heterocycles. The molecule has 1 aromatic rings. The van der Waals surface area contributed by atoms with E-state index in [0.29, 0.717) is 0 Å².